The Kier molecular flexibility index (Phi) is 4.78. The molecular weight excluding hydrogens is 323 g/mol. The van der Waals surface area contributed by atoms with Gasteiger partial charge in [-0.25, -0.2) is 4.39 Å². The van der Waals surface area contributed by atoms with Crippen LogP contribution in [0, 0.1) is 12.7 Å². The molecule has 0 amide bonds. The third kappa shape index (κ3) is 3.81. The smallest absolute Gasteiger partial charge is 0.125 e. The van der Waals surface area contributed by atoms with E-state index in [1.54, 1.807) is 13.0 Å². The normalized spacial score (nSPS) is 12.2. The van der Waals surface area contributed by atoms with Crippen LogP contribution in [0.5, 0.6) is 5.75 Å². The predicted octanol–water partition coefficient (Wildman–Crippen LogP) is 4.53. The third-order valence-corrected chi connectivity index (χ3v) is 3.39. The predicted molar refractivity (Wildman–Crippen MR) is 80.2 cm³/mol. The largest absolute Gasteiger partial charge is 0.489 e. The maximum absolute atomic E-state index is 13.3. The van der Waals surface area contributed by atoms with Gasteiger partial charge in [-0.15, -0.1) is 0 Å². The fourth-order valence-corrected chi connectivity index (χ4v) is 2.48. The van der Waals surface area contributed by atoms with E-state index >= 15 is 0 Å². The third-order valence-electron chi connectivity index (χ3n) is 2.94. The minimum absolute atomic E-state index is 0.250. The first-order valence-electron chi connectivity index (χ1n) is 6.32. The SMILES string of the molecule is Cc1ccc(C(C)O)c(OCc2cc(F)cc(Br)c2)c1. The van der Waals surface area contributed by atoms with Gasteiger partial charge >= 0.3 is 0 Å². The lowest BCUT2D eigenvalue weighted by Gasteiger charge is -2.14. The summed E-state index contributed by atoms with van der Waals surface area (Å²) in [4.78, 5) is 0. The van der Waals surface area contributed by atoms with E-state index < -0.39 is 6.10 Å². The molecular formula is C16H16BrFO2. The highest BCUT2D eigenvalue weighted by Crippen LogP contribution is 2.27. The van der Waals surface area contributed by atoms with E-state index in [2.05, 4.69) is 15.9 Å². The second-order valence-corrected chi connectivity index (χ2v) is 5.70. The van der Waals surface area contributed by atoms with Gasteiger partial charge in [0.1, 0.15) is 18.2 Å². The molecule has 0 aliphatic rings. The summed E-state index contributed by atoms with van der Waals surface area (Å²) in [5, 5.41) is 9.73. The summed E-state index contributed by atoms with van der Waals surface area (Å²) in [6.07, 6.45) is -0.607. The van der Waals surface area contributed by atoms with Gasteiger partial charge in [0.2, 0.25) is 0 Å². The van der Waals surface area contributed by atoms with Crippen LogP contribution in [0.3, 0.4) is 0 Å². The summed E-state index contributed by atoms with van der Waals surface area (Å²) < 4.78 is 19.7. The van der Waals surface area contributed by atoms with E-state index in [9.17, 15) is 9.50 Å². The quantitative estimate of drug-likeness (QED) is 0.887. The molecule has 0 saturated heterocycles. The minimum Gasteiger partial charge on any atom is -0.489 e. The summed E-state index contributed by atoms with van der Waals surface area (Å²) in [6, 6.07) is 10.3. The first kappa shape index (κ1) is 15.0. The topological polar surface area (TPSA) is 29.5 Å². The number of aryl methyl sites for hydroxylation is 1. The van der Waals surface area contributed by atoms with Crippen molar-refractivity contribution in [2.24, 2.45) is 0 Å². The molecule has 0 fully saturated rings. The zero-order chi connectivity index (χ0) is 14.7. The number of aliphatic hydroxyl groups excluding tert-OH is 1. The fourth-order valence-electron chi connectivity index (χ4n) is 1.97. The number of rotatable bonds is 4. The van der Waals surface area contributed by atoms with Gasteiger partial charge in [0.25, 0.3) is 0 Å². The molecule has 0 saturated carbocycles. The molecule has 4 heteroatoms. The van der Waals surface area contributed by atoms with Gasteiger partial charge in [0.15, 0.2) is 0 Å². The van der Waals surface area contributed by atoms with Crippen LogP contribution >= 0.6 is 15.9 Å². The number of benzene rings is 2. The number of hydrogen-bond acceptors (Lipinski definition) is 2. The second-order valence-electron chi connectivity index (χ2n) is 4.78. The number of hydrogen-bond donors (Lipinski definition) is 1. The van der Waals surface area contributed by atoms with Crippen molar-refractivity contribution in [3.8, 4) is 5.75 Å². The number of ether oxygens (including phenoxy) is 1. The molecule has 0 aliphatic carbocycles. The molecule has 1 atom stereocenters. The lowest BCUT2D eigenvalue weighted by atomic mass is 10.1. The van der Waals surface area contributed by atoms with Gasteiger partial charge in [-0.1, -0.05) is 28.1 Å². The standard InChI is InChI=1S/C16H16BrFO2/c1-10-3-4-15(11(2)19)16(5-10)20-9-12-6-13(17)8-14(18)7-12/h3-8,11,19H,9H2,1-2H3. The van der Waals surface area contributed by atoms with Crippen molar-refractivity contribution in [1.29, 1.82) is 0 Å². The average molecular weight is 339 g/mol. The van der Waals surface area contributed by atoms with E-state index in [4.69, 9.17) is 4.74 Å². The molecule has 2 aromatic carbocycles. The molecule has 2 rings (SSSR count). The van der Waals surface area contributed by atoms with E-state index in [1.807, 2.05) is 25.1 Å². The summed E-state index contributed by atoms with van der Waals surface area (Å²) in [5.41, 5.74) is 2.51. The van der Waals surface area contributed by atoms with Crippen LogP contribution in [0.25, 0.3) is 0 Å². The molecule has 1 unspecified atom stereocenters. The minimum atomic E-state index is -0.607. The maximum atomic E-state index is 13.3. The monoisotopic (exact) mass is 338 g/mol. The second kappa shape index (κ2) is 6.37. The van der Waals surface area contributed by atoms with Crippen molar-refractivity contribution in [3.05, 3.63) is 63.4 Å². The molecule has 0 bridgehead atoms. The van der Waals surface area contributed by atoms with Gasteiger partial charge in [-0.2, -0.15) is 0 Å². The molecule has 0 heterocycles. The van der Waals surface area contributed by atoms with Gasteiger partial charge < -0.3 is 9.84 Å². The highest BCUT2D eigenvalue weighted by molar-refractivity contribution is 9.10. The molecule has 2 nitrogen and oxygen atoms in total. The zero-order valence-electron chi connectivity index (χ0n) is 11.4. The Balaban J connectivity index is 2.20. The Labute approximate surface area is 126 Å². The van der Waals surface area contributed by atoms with Crippen molar-refractivity contribution >= 4 is 15.9 Å². The lowest BCUT2D eigenvalue weighted by Crippen LogP contribution is -2.02. The van der Waals surface area contributed by atoms with E-state index in [-0.39, 0.29) is 12.4 Å². The zero-order valence-corrected chi connectivity index (χ0v) is 12.9. The van der Waals surface area contributed by atoms with Crippen LogP contribution < -0.4 is 4.74 Å². The first-order valence-corrected chi connectivity index (χ1v) is 7.11. The highest BCUT2D eigenvalue weighted by Gasteiger charge is 2.10. The first-order chi connectivity index (χ1) is 9.45. The van der Waals surface area contributed by atoms with Crippen LogP contribution in [-0.2, 0) is 6.61 Å². The Morgan fingerprint density at radius 2 is 2.00 bits per heavy atom. The van der Waals surface area contributed by atoms with Crippen molar-refractivity contribution < 1.29 is 14.2 Å². The van der Waals surface area contributed by atoms with E-state index in [1.165, 1.54) is 12.1 Å². The number of halogens is 2. The molecule has 2 aromatic rings. The van der Waals surface area contributed by atoms with Crippen molar-refractivity contribution in [2.75, 3.05) is 0 Å². The molecule has 106 valence electrons. The summed E-state index contributed by atoms with van der Waals surface area (Å²) in [5.74, 6) is 0.318. The van der Waals surface area contributed by atoms with Crippen molar-refractivity contribution in [2.45, 2.75) is 26.6 Å². The Morgan fingerprint density at radius 1 is 1.25 bits per heavy atom. The van der Waals surface area contributed by atoms with Gasteiger partial charge in [0.05, 0.1) is 6.10 Å². The van der Waals surface area contributed by atoms with Gasteiger partial charge in [-0.05, 0) is 49.2 Å². The Morgan fingerprint density at radius 3 is 2.65 bits per heavy atom. The summed E-state index contributed by atoms with van der Waals surface area (Å²) in [6.45, 7) is 3.90. The molecule has 1 N–H and O–H groups in total. The van der Waals surface area contributed by atoms with E-state index in [0.717, 1.165) is 16.7 Å². The van der Waals surface area contributed by atoms with Crippen LogP contribution in [0.15, 0.2) is 40.9 Å². The highest BCUT2D eigenvalue weighted by atomic mass is 79.9. The van der Waals surface area contributed by atoms with Crippen LogP contribution in [0.2, 0.25) is 0 Å². The molecule has 0 aromatic heterocycles. The molecule has 0 radical (unpaired) electrons. The van der Waals surface area contributed by atoms with Crippen LogP contribution in [0.4, 0.5) is 4.39 Å². The number of aliphatic hydroxyl groups is 1. The van der Waals surface area contributed by atoms with Gasteiger partial charge in [0, 0.05) is 10.0 Å². The summed E-state index contributed by atoms with van der Waals surface area (Å²) in [7, 11) is 0. The summed E-state index contributed by atoms with van der Waals surface area (Å²) >= 11 is 3.25. The van der Waals surface area contributed by atoms with Gasteiger partial charge in [-0.3, -0.25) is 0 Å². The maximum Gasteiger partial charge on any atom is 0.125 e. The average Bonchev–Trinajstić information content (AvgIpc) is 2.35. The molecule has 0 aliphatic heterocycles. The van der Waals surface area contributed by atoms with Crippen molar-refractivity contribution in [1.82, 2.24) is 0 Å². The van der Waals surface area contributed by atoms with Crippen molar-refractivity contribution in [3.63, 3.8) is 0 Å². The Hall–Kier alpha value is -1.39. The fraction of sp³-hybridized carbons (Fsp3) is 0.250. The van der Waals surface area contributed by atoms with E-state index in [0.29, 0.717) is 10.2 Å². The lowest BCUT2D eigenvalue weighted by molar-refractivity contribution is 0.190. The molecule has 0 spiro atoms. The molecule has 20 heavy (non-hydrogen) atoms. The van der Waals surface area contributed by atoms with Crippen LogP contribution in [0.1, 0.15) is 29.7 Å². The Bertz CT molecular complexity index is 591. The van der Waals surface area contributed by atoms with Crippen LogP contribution in [-0.4, -0.2) is 5.11 Å².